The molecular formula is C42H94N10O16. The lowest BCUT2D eigenvalue weighted by Crippen LogP contribution is -2.29. The van der Waals surface area contributed by atoms with Gasteiger partial charge in [0, 0.05) is 0 Å². The van der Waals surface area contributed by atoms with Crippen molar-refractivity contribution in [3.05, 3.63) is 0 Å². The van der Waals surface area contributed by atoms with Crippen LogP contribution < -0.4 is 57.3 Å². The van der Waals surface area contributed by atoms with Crippen LogP contribution >= 0.6 is 0 Å². The third-order valence-corrected chi connectivity index (χ3v) is 8.29. The minimum atomic E-state index is -0.933. The lowest BCUT2D eigenvalue weighted by Gasteiger charge is -2.03. The molecule has 0 spiro atoms. The molecule has 0 heterocycles. The molecule has 26 heteroatoms. The number of unbranched alkanes of at least 4 members (excludes halogenated alkanes) is 4. The molecule has 8 atom stereocenters. The van der Waals surface area contributed by atoms with E-state index in [1.807, 2.05) is 27.7 Å². The lowest BCUT2D eigenvalue weighted by molar-refractivity contribution is -0.139. The van der Waals surface area contributed by atoms with E-state index in [1.54, 1.807) is 13.8 Å². The van der Waals surface area contributed by atoms with E-state index < -0.39 is 96.1 Å². The average Bonchev–Trinajstić information content (AvgIpc) is 3.28. The largest absolute Gasteiger partial charge is 0.480 e. The number of hydrogen-bond acceptors (Lipinski definition) is 18. The normalized spacial score (nSPS) is 13.2. The van der Waals surface area contributed by atoms with E-state index in [-0.39, 0.29) is 0 Å². The molecule has 26 nitrogen and oxygen atoms in total. The van der Waals surface area contributed by atoms with Crippen LogP contribution in [0.4, 0.5) is 0 Å². The molecule has 0 aromatic carbocycles. The van der Waals surface area contributed by atoms with Gasteiger partial charge in [0.15, 0.2) is 0 Å². The highest BCUT2D eigenvalue weighted by atomic mass is 16.4. The SMILES string of the molecule is CCCC(N)C(=O)O.CCCCC(N)C(=O)O.CCCC[C@H](N)C(=O)O.CCC[C@H](N)C(=O)O.CC[C@@H](N)C(=O)O.CC[C@H](N)C(=O)O.NCCCCC(N)C(=O)O.NCCCC[C@H](N)C(=O)O. The van der Waals surface area contributed by atoms with Gasteiger partial charge >= 0.3 is 47.8 Å². The van der Waals surface area contributed by atoms with E-state index in [2.05, 4.69) is 0 Å². The minimum Gasteiger partial charge on any atom is -0.480 e. The van der Waals surface area contributed by atoms with E-state index >= 15 is 0 Å². The van der Waals surface area contributed by atoms with E-state index in [1.165, 1.54) is 0 Å². The summed E-state index contributed by atoms with van der Waals surface area (Å²) >= 11 is 0. The molecule has 0 aliphatic carbocycles. The van der Waals surface area contributed by atoms with Crippen molar-refractivity contribution in [2.75, 3.05) is 13.1 Å². The van der Waals surface area contributed by atoms with Crippen molar-refractivity contribution in [1.82, 2.24) is 0 Å². The Bertz CT molecular complexity index is 1170. The fourth-order valence-corrected chi connectivity index (χ4v) is 3.58. The third-order valence-electron chi connectivity index (χ3n) is 8.29. The van der Waals surface area contributed by atoms with Crippen molar-refractivity contribution in [1.29, 1.82) is 0 Å². The standard InChI is InChI=1S/2C6H14N2O2.2C6H13NO2.2C5H11NO2.2C4H9NO2/c2*7-4-2-1-3-5(8)6(9)10;2*1-2-3-4-5(7)6(8)9;2*1-2-3-4(6)5(7)8;2*1-2-3(5)4(6)7/h2*5H,1-4,7-8H2,(H,9,10);2*5H,2-4,7H2,1H3,(H,8,9);2*4H,2-3,6H2,1H3,(H,7,8);2*3H,2,5H2,1H3,(H,6,7)/t5-;;5-;;4-;;2*3-/m0.0.0.10/s1. The second-order valence-corrected chi connectivity index (χ2v) is 14.8. The van der Waals surface area contributed by atoms with Crippen LogP contribution in [0.1, 0.15) is 157 Å². The second-order valence-electron chi connectivity index (χ2n) is 14.8. The number of hydrogen-bond donors (Lipinski definition) is 18. The first-order valence-corrected chi connectivity index (χ1v) is 22.7. The van der Waals surface area contributed by atoms with Crippen LogP contribution in [0.15, 0.2) is 0 Å². The molecule has 0 aliphatic rings. The fourth-order valence-electron chi connectivity index (χ4n) is 3.58. The van der Waals surface area contributed by atoms with Crippen molar-refractivity contribution in [3.63, 3.8) is 0 Å². The monoisotopic (exact) mass is 995 g/mol. The van der Waals surface area contributed by atoms with Gasteiger partial charge in [0.2, 0.25) is 0 Å². The molecule has 0 radical (unpaired) electrons. The molecule has 0 bridgehead atoms. The van der Waals surface area contributed by atoms with Gasteiger partial charge in [-0.3, -0.25) is 38.4 Å². The van der Waals surface area contributed by atoms with E-state index in [9.17, 15) is 38.4 Å². The third kappa shape index (κ3) is 72.9. The first kappa shape index (κ1) is 80.4. The van der Waals surface area contributed by atoms with Crippen molar-refractivity contribution < 1.29 is 79.2 Å². The number of carboxylic acid groups (broad SMARTS) is 8. The quantitative estimate of drug-likeness (QED) is 0.0467. The highest BCUT2D eigenvalue weighted by Crippen LogP contribution is 1.99. The van der Waals surface area contributed by atoms with Crippen molar-refractivity contribution in [3.8, 4) is 0 Å². The maximum Gasteiger partial charge on any atom is 0.320 e. The van der Waals surface area contributed by atoms with Crippen molar-refractivity contribution in [2.45, 2.75) is 205 Å². The van der Waals surface area contributed by atoms with Gasteiger partial charge in [-0.2, -0.15) is 0 Å². The molecule has 0 fully saturated rings. The Balaban J connectivity index is -0.000000101. The summed E-state index contributed by atoms with van der Waals surface area (Å²) in [5.41, 5.74) is 51.5. The summed E-state index contributed by atoms with van der Waals surface area (Å²) in [7, 11) is 0. The average molecular weight is 995 g/mol. The van der Waals surface area contributed by atoms with Gasteiger partial charge in [-0.05, 0) is 77.3 Å². The van der Waals surface area contributed by atoms with Crippen LogP contribution in [0.3, 0.4) is 0 Å². The van der Waals surface area contributed by atoms with Gasteiger partial charge in [-0.25, -0.2) is 0 Å². The topological polar surface area (TPSA) is 559 Å². The summed E-state index contributed by atoms with van der Waals surface area (Å²) in [4.78, 5) is 80.0. The summed E-state index contributed by atoms with van der Waals surface area (Å²) < 4.78 is 0. The molecule has 0 aliphatic heterocycles. The second kappa shape index (κ2) is 58.5. The van der Waals surface area contributed by atoms with Crippen LogP contribution in [0.2, 0.25) is 0 Å². The maximum atomic E-state index is 10.1. The molecule has 0 aromatic rings. The Morgan fingerprint density at radius 1 is 0.279 bits per heavy atom. The molecular weight excluding hydrogens is 901 g/mol. The zero-order chi connectivity index (χ0) is 55.4. The first-order chi connectivity index (χ1) is 31.4. The van der Waals surface area contributed by atoms with Crippen LogP contribution in [-0.4, -0.2) is 150 Å². The summed E-state index contributed by atoms with van der Waals surface area (Å²) in [5, 5.41) is 65.7. The summed E-state index contributed by atoms with van der Waals surface area (Å²) in [6.45, 7) is 12.5. The Hall–Kier alpha value is -4.64. The van der Waals surface area contributed by atoms with Gasteiger partial charge in [-0.15, -0.1) is 0 Å². The molecule has 28 N–H and O–H groups in total. The molecule has 3 unspecified atom stereocenters. The Morgan fingerprint density at radius 3 is 0.559 bits per heavy atom. The number of rotatable bonds is 28. The molecule has 408 valence electrons. The highest BCUT2D eigenvalue weighted by molar-refractivity contribution is 5.75. The van der Waals surface area contributed by atoms with Gasteiger partial charge in [0.1, 0.15) is 48.3 Å². The van der Waals surface area contributed by atoms with E-state index in [0.29, 0.717) is 64.5 Å². The number of carboxylic acids is 8. The molecule has 0 rings (SSSR count). The predicted molar refractivity (Wildman–Crippen MR) is 260 cm³/mol. The van der Waals surface area contributed by atoms with E-state index in [0.717, 1.165) is 64.2 Å². The van der Waals surface area contributed by atoms with Gasteiger partial charge in [-0.1, -0.05) is 92.9 Å². The summed E-state index contributed by atoms with van der Waals surface area (Å²) in [6, 6.07) is -5.45. The van der Waals surface area contributed by atoms with Gasteiger partial charge in [0.05, 0.1) is 0 Å². The smallest absolute Gasteiger partial charge is 0.320 e. The maximum absolute atomic E-state index is 10.1. The molecule has 0 amide bonds. The van der Waals surface area contributed by atoms with Crippen LogP contribution in [0.5, 0.6) is 0 Å². The van der Waals surface area contributed by atoms with Crippen molar-refractivity contribution >= 4 is 47.8 Å². The molecule has 0 aromatic heterocycles. The first-order valence-electron chi connectivity index (χ1n) is 22.7. The number of carbonyl (C=O) groups is 8. The molecule has 68 heavy (non-hydrogen) atoms. The highest BCUT2D eigenvalue weighted by Gasteiger charge is 2.12. The Kier molecular flexibility index (Phi) is 69.1. The van der Waals surface area contributed by atoms with Gasteiger partial charge < -0.3 is 98.2 Å². The zero-order valence-electron chi connectivity index (χ0n) is 41.4. The van der Waals surface area contributed by atoms with E-state index in [4.69, 9.17) is 98.2 Å². The van der Waals surface area contributed by atoms with Crippen LogP contribution in [0, 0.1) is 0 Å². The fraction of sp³-hybridized carbons (Fsp3) is 0.810. The Labute approximate surface area is 402 Å². The van der Waals surface area contributed by atoms with Crippen molar-refractivity contribution in [2.24, 2.45) is 57.3 Å². The molecule has 0 saturated heterocycles. The zero-order valence-corrected chi connectivity index (χ0v) is 41.4. The Morgan fingerprint density at radius 2 is 0.456 bits per heavy atom. The van der Waals surface area contributed by atoms with Crippen LogP contribution in [-0.2, 0) is 38.4 Å². The lowest BCUT2D eigenvalue weighted by atomic mass is 10.1. The summed E-state index contributed by atoms with van der Waals surface area (Å²) in [6.07, 6.45) is 13.1. The number of nitrogens with two attached hydrogens (primary N) is 10. The van der Waals surface area contributed by atoms with Gasteiger partial charge in [0.25, 0.3) is 0 Å². The van der Waals surface area contributed by atoms with Crippen LogP contribution in [0.25, 0.3) is 0 Å². The minimum absolute atomic E-state index is 0.495. The number of aliphatic carboxylic acids is 8. The summed E-state index contributed by atoms with van der Waals surface area (Å²) in [5.74, 6) is -7.34. The molecule has 0 saturated carbocycles. The predicted octanol–water partition coefficient (Wildman–Crippen LogP) is 0.245.